The van der Waals surface area contributed by atoms with E-state index in [-0.39, 0.29) is 11.1 Å². The number of nitriles is 1. The Morgan fingerprint density at radius 3 is 2.95 bits per heavy atom. The molecular weight excluding hydrogens is 244 g/mol. The molecule has 0 radical (unpaired) electrons. The molecule has 2 heterocycles. The zero-order valence-corrected chi connectivity index (χ0v) is 10.2. The molecule has 6 heteroatoms. The number of nitrogens with zero attached hydrogens (tertiary/aromatic N) is 4. The summed E-state index contributed by atoms with van der Waals surface area (Å²) in [5.41, 5.74) is 1.30. The first-order valence-corrected chi connectivity index (χ1v) is 6.06. The van der Waals surface area contributed by atoms with Gasteiger partial charge in [-0.15, -0.1) is 0 Å². The standard InChI is InChI=1S/C13H12N4O2/c14-6-5-13(3-4-13)7-17-8-15-9-1-2-10(12(18)19)16-11(9)17/h1-2,8H,3-5,7H2,(H,18,19). The topological polar surface area (TPSA) is 91.8 Å². The molecule has 2 aromatic rings. The molecule has 1 N–H and O–H groups in total. The highest BCUT2D eigenvalue weighted by molar-refractivity contribution is 5.88. The number of carboxylic acids is 1. The Morgan fingerprint density at radius 2 is 2.32 bits per heavy atom. The van der Waals surface area contributed by atoms with Crippen LogP contribution in [0.1, 0.15) is 29.8 Å². The molecule has 1 aliphatic rings. The highest BCUT2D eigenvalue weighted by atomic mass is 16.4. The largest absolute Gasteiger partial charge is 0.477 e. The third-order valence-electron chi connectivity index (χ3n) is 3.60. The van der Waals surface area contributed by atoms with Crippen molar-refractivity contribution in [3.05, 3.63) is 24.2 Å². The van der Waals surface area contributed by atoms with Gasteiger partial charge < -0.3 is 9.67 Å². The van der Waals surface area contributed by atoms with Crippen LogP contribution in [0.2, 0.25) is 0 Å². The lowest BCUT2D eigenvalue weighted by molar-refractivity contribution is 0.0691. The van der Waals surface area contributed by atoms with E-state index < -0.39 is 5.97 Å². The van der Waals surface area contributed by atoms with Gasteiger partial charge in [-0.1, -0.05) is 0 Å². The Hall–Kier alpha value is -2.42. The highest BCUT2D eigenvalue weighted by Crippen LogP contribution is 2.50. The van der Waals surface area contributed by atoms with Crippen LogP contribution in [0.25, 0.3) is 11.2 Å². The number of carbonyl (C=O) groups is 1. The van der Waals surface area contributed by atoms with Gasteiger partial charge in [-0.05, 0) is 25.0 Å². The van der Waals surface area contributed by atoms with Crippen molar-refractivity contribution < 1.29 is 9.90 Å². The third-order valence-corrected chi connectivity index (χ3v) is 3.60. The van der Waals surface area contributed by atoms with Gasteiger partial charge in [0.2, 0.25) is 0 Å². The van der Waals surface area contributed by atoms with Gasteiger partial charge in [0.1, 0.15) is 5.52 Å². The molecule has 0 aromatic carbocycles. The predicted molar refractivity (Wildman–Crippen MR) is 66.4 cm³/mol. The molecule has 0 atom stereocenters. The van der Waals surface area contributed by atoms with Crippen LogP contribution < -0.4 is 0 Å². The average Bonchev–Trinajstić information content (AvgIpc) is 3.03. The summed E-state index contributed by atoms with van der Waals surface area (Å²) in [6.07, 6.45) is 4.24. The minimum atomic E-state index is -1.05. The van der Waals surface area contributed by atoms with Gasteiger partial charge in [0.15, 0.2) is 11.3 Å². The fourth-order valence-corrected chi connectivity index (χ4v) is 2.27. The van der Waals surface area contributed by atoms with Gasteiger partial charge in [0.05, 0.1) is 12.4 Å². The summed E-state index contributed by atoms with van der Waals surface area (Å²) < 4.78 is 1.85. The maximum Gasteiger partial charge on any atom is 0.354 e. The minimum Gasteiger partial charge on any atom is -0.477 e. The molecule has 0 spiro atoms. The number of aromatic nitrogens is 3. The van der Waals surface area contributed by atoms with Crippen molar-refractivity contribution in [2.75, 3.05) is 0 Å². The second kappa shape index (κ2) is 4.05. The van der Waals surface area contributed by atoms with Crippen molar-refractivity contribution in [1.29, 1.82) is 5.26 Å². The van der Waals surface area contributed by atoms with E-state index in [1.54, 1.807) is 12.4 Å². The van der Waals surface area contributed by atoms with Crippen LogP contribution in [0.5, 0.6) is 0 Å². The number of hydrogen-bond donors (Lipinski definition) is 1. The summed E-state index contributed by atoms with van der Waals surface area (Å²) in [4.78, 5) is 19.3. The van der Waals surface area contributed by atoms with Crippen LogP contribution in [-0.4, -0.2) is 25.6 Å². The van der Waals surface area contributed by atoms with Crippen LogP contribution >= 0.6 is 0 Å². The first-order valence-electron chi connectivity index (χ1n) is 6.06. The van der Waals surface area contributed by atoms with Crippen molar-refractivity contribution in [3.8, 4) is 6.07 Å². The van der Waals surface area contributed by atoms with E-state index in [2.05, 4.69) is 16.0 Å². The van der Waals surface area contributed by atoms with Gasteiger partial charge in [-0.3, -0.25) is 0 Å². The summed E-state index contributed by atoms with van der Waals surface area (Å²) in [6.45, 7) is 0.674. The second-order valence-electron chi connectivity index (χ2n) is 5.05. The Labute approximate surface area is 109 Å². The summed E-state index contributed by atoms with van der Waals surface area (Å²) in [5.74, 6) is -1.05. The lowest BCUT2D eigenvalue weighted by Gasteiger charge is -2.11. The zero-order chi connectivity index (χ0) is 13.5. The molecule has 0 saturated heterocycles. The van der Waals surface area contributed by atoms with Gasteiger partial charge in [-0.25, -0.2) is 14.8 Å². The number of aromatic carboxylic acids is 1. The molecule has 19 heavy (non-hydrogen) atoms. The van der Waals surface area contributed by atoms with Crippen LogP contribution in [0, 0.1) is 16.7 Å². The summed E-state index contributed by atoms with van der Waals surface area (Å²) in [7, 11) is 0. The quantitative estimate of drug-likeness (QED) is 0.900. The summed E-state index contributed by atoms with van der Waals surface area (Å²) >= 11 is 0. The maximum atomic E-state index is 10.9. The van der Waals surface area contributed by atoms with Crippen LogP contribution in [0.15, 0.2) is 18.5 Å². The third kappa shape index (κ3) is 2.03. The normalized spacial score (nSPS) is 16.2. The Bertz CT molecular complexity index is 694. The minimum absolute atomic E-state index is 0.0133. The van der Waals surface area contributed by atoms with Crippen molar-refractivity contribution in [1.82, 2.24) is 14.5 Å². The molecule has 0 unspecified atom stereocenters. The van der Waals surface area contributed by atoms with E-state index in [1.165, 1.54) is 6.07 Å². The second-order valence-corrected chi connectivity index (χ2v) is 5.05. The Morgan fingerprint density at radius 1 is 1.53 bits per heavy atom. The molecule has 1 saturated carbocycles. The van der Waals surface area contributed by atoms with E-state index in [4.69, 9.17) is 10.4 Å². The number of rotatable bonds is 4. The van der Waals surface area contributed by atoms with E-state index in [0.717, 1.165) is 12.8 Å². The van der Waals surface area contributed by atoms with Gasteiger partial charge in [0.25, 0.3) is 0 Å². The Kier molecular flexibility index (Phi) is 2.49. The zero-order valence-electron chi connectivity index (χ0n) is 10.2. The van der Waals surface area contributed by atoms with Gasteiger partial charge in [0, 0.05) is 18.4 Å². The number of hydrogen-bond acceptors (Lipinski definition) is 4. The molecule has 2 aromatic heterocycles. The average molecular weight is 256 g/mol. The smallest absolute Gasteiger partial charge is 0.354 e. The van der Waals surface area contributed by atoms with E-state index in [9.17, 15) is 4.79 Å². The van der Waals surface area contributed by atoms with Gasteiger partial charge >= 0.3 is 5.97 Å². The maximum absolute atomic E-state index is 10.9. The lowest BCUT2D eigenvalue weighted by atomic mass is 10.0. The number of carboxylic acid groups (broad SMARTS) is 1. The summed E-state index contributed by atoms with van der Waals surface area (Å²) in [5, 5.41) is 17.8. The molecule has 0 bridgehead atoms. The predicted octanol–water partition coefficient (Wildman–Crippen LogP) is 1.82. The van der Waals surface area contributed by atoms with Crippen molar-refractivity contribution in [2.24, 2.45) is 5.41 Å². The summed E-state index contributed by atoms with van der Waals surface area (Å²) in [6, 6.07) is 5.32. The molecular formula is C13H12N4O2. The van der Waals surface area contributed by atoms with E-state index >= 15 is 0 Å². The molecule has 1 aliphatic carbocycles. The fraction of sp³-hybridized carbons (Fsp3) is 0.385. The fourth-order valence-electron chi connectivity index (χ4n) is 2.27. The van der Waals surface area contributed by atoms with Crippen molar-refractivity contribution in [3.63, 3.8) is 0 Å². The molecule has 3 rings (SSSR count). The number of imidazole rings is 1. The monoisotopic (exact) mass is 256 g/mol. The van der Waals surface area contributed by atoms with Crippen molar-refractivity contribution in [2.45, 2.75) is 25.8 Å². The first kappa shape index (κ1) is 11.7. The highest BCUT2D eigenvalue weighted by Gasteiger charge is 2.43. The molecule has 0 amide bonds. The van der Waals surface area contributed by atoms with E-state index in [1.807, 2.05) is 4.57 Å². The molecule has 6 nitrogen and oxygen atoms in total. The molecule has 1 fully saturated rings. The SMILES string of the molecule is N#CCC1(Cn2cnc3ccc(C(=O)O)nc32)CC1. The van der Waals surface area contributed by atoms with Crippen molar-refractivity contribution >= 4 is 17.1 Å². The first-order chi connectivity index (χ1) is 9.13. The Balaban J connectivity index is 1.98. The number of fused-ring (bicyclic) bond motifs is 1. The lowest BCUT2D eigenvalue weighted by Crippen LogP contribution is -2.11. The van der Waals surface area contributed by atoms with Gasteiger partial charge in [-0.2, -0.15) is 5.26 Å². The molecule has 96 valence electrons. The number of pyridine rings is 1. The molecule has 0 aliphatic heterocycles. The van der Waals surface area contributed by atoms with Crippen LogP contribution in [0.3, 0.4) is 0 Å². The van der Waals surface area contributed by atoms with E-state index in [0.29, 0.717) is 24.1 Å². The van der Waals surface area contributed by atoms with Crippen LogP contribution in [0.4, 0.5) is 0 Å². The van der Waals surface area contributed by atoms with Crippen LogP contribution in [-0.2, 0) is 6.54 Å².